The topological polar surface area (TPSA) is 46.6 Å². The molecule has 2 amide bonds. The van der Waals surface area contributed by atoms with Gasteiger partial charge in [0, 0.05) is 11.1 Å². The summed E-state index contributed by atoms with van der Waals surface area (Å²) in [5.41, 5.74) is 3.51. The molecule has 0 saturated heterocycles. The summed E-state index contributed by atoms with van der Waals surface area (Å²) in [6.45, 7) is 0.210. The van der Waals surface area contributed by atoms with Crippen LogP contribution in [0.15, 0.2) is 78.9 Å². The Bertz CT molecular complexity index is 1050. The highest BCUT2D eigenvalue weighted by Gasteiger charge is 2.34. The molecular weight excluding hydrogens is 350 g/mol. The van der Waals surface area contributed by atoms with Crippen LogP contribution in [0.1, 0.15) is 27.0 Å². The summed E-state index contributed by atoms with van der Waals surface area (Å²) < 4.78 is 5.17. The molecule has 0 N–H and O–H groups in total. The summed E-state index contributed by atoms with van der Waals surface area (Å²) in [6, 6.07) is 24.3. The fraction of sp³-hybridized carbons (Fsp3) is 0.0833. The van der Waals surface area contributed by atoms with Gasteiger partial charge in [-0.05, 0) is 41.0 Å². The second kappa shape index (κ2) is 7.53. The number of amides is 2. The molecule has 3 aromatic rings. The Morgan fingerprint density at radius 3 is 2.11 bits per heavy atom. The van der Waals surface area contributed by atoms with Gasteiger partial charge >= 0.3 is 0 Å². The highest BCUT2D eigenvalue weighted by atomic mass is 16.5. The van der Waals surface area contributed by atoms with Crippen molar-refractivity contribution in [1.82, 2.24) is 4.90 Å². The minimum absolute atomic E-state index is 0.210. The molecule has 1 aliphatic heterocycles. The van der Waals surface area contributed by atoms with Crippen LogP contribution in [0.5, 0.6) is 5.75 Å². The summed E-state index contributed by atoms with van der Waals surface area (Å²) in [5, 5.41) is 0. The van der Waals surface area contributed by atoms with Crippen molar-refractivity contribution < 1.29 is 14.3 Å². The number of rotatable bonds is 4. The van der Waals surface area contributed by atoms with E-state index >= 15 is 0 Å². The van der Waals surface area contributed by atoms with Crippen LogP contribution in [-0.2, 0) is 11.3 Å². The number of hydrogen-bond donors (Lipinski definition) is 0. The summed E-state index contributed by atoms with van der Waals surface area (Å²) in [4.78, 5) is 27.6. The van der Waals surface area contributed by atoms with Gasteiger partial charge < -0.3 is 4.74 Å². The number of hydrogen-bond acceptors (Lipinski definition) is 3. The average Bonchev–Trinajstić information content (AvgIpc) is 2.75. The van der Waals surface area contributed by atoms with Crippen molar-refractivity contribution in [3.8, 4) is 5.75 Å². The van der Waals surface area contributed by atoms with E-state index in [0.29, 0.717) is 16.7 Å². The first kappa shape index (κ1) is 17.7. The van der Waals surface area contributed by atoms with E-state index in [1.807, 2.05) is 78.9 Å². The summed E-state index contributed by atoms with van der Waals surface area (Å²) in [5.74, 6) is 0.167. The summed E-state index contributed by atoms with van der Waals surface area (Å²) in [6.07, 6.45) is 1.84. The number of carbonyl (C=O) groups is 2. The molecule has 4 heteroatoms. The molecule has 0 aromatic heterocycles. The number of benzene rings is 3. The highest BCUT2D eigenvalue weighted by Crippen LogP contribution is 2.31. The fourth-order valence-corrected chi connectivity index (χ4v) is 3.32. The Morgan fingerprint density at radius 2 is 1.43 bits per heavy atom. The van der Waals surface area contributed by atoms with Crippen molar-refractivity contribution in [2.24, 2.45) is 0 Å². The van der Waals surface area contributed by atoms with Gasteiger partial charge in [0.25, 0.3) is 11.8 Å². The van der Waals surface area contributed by atoms with Crippen molar-refractivity contribution in [1.29, 1.82) is 0 Å². The van der Waals surface area contributed by atoms with Gasteiger partial charge in [0.1, 0.15) is 5.75 Å². The SMILES string of the molecule is COc1ccc(CN2C(=O)C(=Cc3ccccc3)c3ccccc3C2=O)cc1. The third kappa shape index (κ3) is 3.32. The van der Waals surface area contributed by atoms with Gasteiger partial charge in [-0.3, -0.25) is 14.5 Å². The Morgan fingerprint density at radius 1 is 0.786 bits per heavy atom. The molecule has 28 heavy (non-hydrogen) atoms. The van der Waals surface area contributed by atoms with E-state index in [2.05, 4.69) is 0 Å². The van der Waals surface area contributed by atoms with E-state index in [4.69, 9.17) is 4.74 Å². The minimum atomic E-state index is -0.289. The lowest BCUT2D eigenvalue weighted by Crippen LogP contribution is -2.41. The smallest absolute Gasteiger partial charge is 0.261 e. The molecule has 138 valence electrons. The minimum Gasteiger partial charge on any atom is -0.497 e. The lowest BCUT2D eigenvalue weighted by molar-refractivity contribution is -0.123. The summed E-state index contributed by atoms with van der Waals surface area (Å²) >= 11 is 0. The molecule has 0 aliphatic carbocycles. The zero-order chi connectivity index (χ0) is 19.5. The normalized spacial score (nSPS) is 14.9. The first-order valence-electron chi connectivity index (χ1n) is 9.02. The van der Waals surface area contributed by atoms with Gasteiger partial charge in [-0.1, -0.05) is 60.7 Å². The van der Waals surface area contributed by atoms with Crippen LogP contribution in [0.4, 0.5) is 0 Å². The van der Waals surface area contributed by atoms with Crippen molar-refractivity contribution in [3.63, 3.8) is 0 Å². The number of imide groups is 1. The van der Waals surface area contributed by atoms with E-state index in [9.17, 15) is 9.59 Å². The second-order valence-corrected chi connectivity index (χ2v) is 6.56. The van der Waals surface area contributed by atoms with Crippen LogP contribution < -0.4 is 4.74 Å². The van der Waals surface area contributed by atoms with Gasteiger partial charge in [0.15, 0.2) is 0 Å². The predicted octanol–water partition coefficient (Wildman–Crippen LogP) is 4.42. The van der Waals surface area contributed by atoms with Gasteiger partial charge in [0.05, 0.1) is 13.7 Å². The van der Waals surface area contributed by atoms with Crippen molar-refractivity contribution >= 4 is 23.5 Å². The van der Waals surface area contributed by atoms with Crippen LogP contribution in [0.3, 0.4) is 0 Å². The molecule has 0 bridgehead atoms. The highest BCUT2D eigenvalue weighted by molar-refractivity contribution is 6.33. The molecule has 0 radical (unpaired) electrons. The quantitative estimate of drug-likeness (QED) is 0.505. The molecule has 1 heterocycles. The van der Waals surface area contributed by atoms with E-state index in [1.165, 1.54) is 4.90 Å². The molecule has 1 aliphatic rings. The fourth-order valence-electron chi connectivity index (χ4n) is 3.32. The number of methoxy groups -OCH3 is 1. The lowest BCUT2D eigenvalue weighted by atomic mass is 9.92. The van der Waals surface area contributed by atoms with E-state index in [0.717, 1.165) is 16.9 Å². The Balaban J connectivity index is 1.75. The molecule has 0 spiro atoms. The molecule has 4 rings (SSSR count). The maximum atomic E-state index is 13.2. The molecular formula is C24H19NO3. The third-order valence-electron chi connectivity index (χ3n) is 4.78. The van der Waals surface area contributed by atoms with E-state index in [-0.39, 0.29) is 18.4 Å². The lowest BCUT2D eigenvalue weighted by Gasteiger charge is -2.28. The molecule has 3 aromatic carbocycles. The van der Waals surface area contributed by atoms with Crippen LogP contribution in [0.2, 0.25) is 0 Å². The van der Waals surface area contributed by atoms with Crippen LogP contribution in [0.25, 0.3) is 11.6 Å². The van der Waals surface area contributed by atoms with Gasteiger partial charge in [-0.15, -0.1) is 0 Å². The maximum Gasteiger partial charge on any atom is 0.261 e. The zero-order valence-corrected chi connectivity index (χ0v) is 15.5. The van der Waals surface area contributed by atoms with Crippen LogP contribution >= 0.6 is 0 Å². The average molecular weight is 369 g/mol. The number of ether oxygens (including phenoxy) is 1. The van der Waals surface area contributed by atoms with Gasteiger partial charge in [-0.25, -0.2) is 0 Å². The summed E-state index contributed by atoms with van der Waals surface area (Å²) in [7, 11) is 1.60. The molecule has 4 nitrogen and oxygen atoms in total. The van der Waals surface area contributed by atoms with Crippen LogP contribution in [-0.4, -0.2) is 23.8 Å². The van der Waals surface area contributed by atoms with Gasteiger partial charge in [-0.2, -0.15) is 0 Å². The molecule has 0 saturated carbocycles. The number of fused-ring (bicyclic) bond motifs is 1. The standard InChI is InChI=1S/C24H19NO3/c1-28-19-13-11-18(12-14-19)16-25-23(26)21-10-6-5-9-20(21)22(24(25)27)15-17-7-3-2-4-8-17/h2-15H,16H2,1H3. The van der Waals surface area contributed by atoms with Crippen molar-refractivity contribution in [2.45, 2.75) is 6.54 Å². The third-order valence-corrected chi connectivity index (χ3v) is 4.78. The Hall–Kier alpha value is -3.66. The van der Waals surface area contributed by atoms with Crippen LogP contribution in [0, 0.1) is 0 Å². The van der Waals surface area contributed by atoms with E-state index < -0.39 is 0 Å². The number of nitrogens with zero attached hydrogens (tertiary/aromatic N) is 1. The largest absolute Gasteiger partial charge is 0.497 e. The van der Waals surface area contributed by atoms with Gasteiger partial charge in [0.2, 0.25) is 0 Å². The second-order valence-electron chi connectivity index (χ2n) is 6.56. The van der Waals surface area contributed by atoms with Crippen molar-refractivity contribution in [3.05, 3.63) is 101 Å². The zero-order valence-electron chi connectivity index (χ0n) is 15.5. The first-order valence-corrected chi connectivity index (χ1v) is 9.02. The monoisotopic (exact) mass is 369 g/mol. The Kier molecular flexibility index (Phi) is 4.77. The predicted molar refractivity (Wildman–Crippen MR) is 109 cm³/mol. The molecule has 0 unspecified atom stereocenters. The van der Waals surface area contributed by atoms with E-state index in [1.54, 1.807) is 13.2 Å². The number of carbonyl (C=O) groups excluding carboxylic acids is 2. The first-order chi connectivity index (χ1) is 13.7. The molecule has 0 atom stereocenters. The van der Waals surface area contributed by atoms with Crippen molar-refractivity contribution in [2.75, 3.05) is 7.11 Å². The molecule has 0 fully saturated rings. The Labute approximate surface area is 163 Å². The maximum absolute atomic E-state index is 13.2.